The normalized spacial score (nSPS) is 18.0. The predicted molar refractivity (Wildman–Crippen MR) is 82.5 cm³/mol. The van der Waals surface area contributed by atoms with E-state index < -0.39 is 0 Å². The van der Waals surface area contributed by atoms with Crippen LogP contribution in [0.2, 0.25) is 0 Å². The van der Waals surface area contributed by atoms with Gasteiger partial charge in [0.1, 0.15) is 5.75 Å². The Labute approximate surface area is 121 Å². The average Bonchev–Trinajstić information content (AvgIpc) is 2.88. The van der Waals surface area contributed by atoms with Crippen molar-refractivity contribution in [2.24, 2.45) is 5.73 Å². The molecule has 3 rings (SSSR count). The predicted octanol–water partition coefficient (Wildman–Crippen LogP) is 4.08. The van der Waals surface area contributed by atoms with E-state index in [4.69, 9.17) is 5.73 Å². The number of fused-ring (bicyclic) bond motifs is 1. The molecule has 1 aliphatic carbocycles. The Balaban J connectivity index is 2.20. The quantitative estimate of drug-likeness (QED) is 0.876. The van der Waals surface area contributed by atoms with Gasteiger partial charge in [-0.15, -0.1) is 0 Å². The summed E-state index contributed by atoms with van der Waals surface area (Å²) in [4.78, 5) is 0. The smallest absolute Gasteiger partial charge is 0.120 e. The van der Waals surface area contributed by atoms with Crippen molar-refractivity contribution in [1.82, 2.24) is 0 Å². The molecule has 0 aromatic heterocycles. The standard InChI is InChI=1S/C16H18BrNO/c17-13-4-3-11-9-15(19)14(8-12(11)7-13)16(10-18)5-1-2-6-16/h3-4,7-9,19H,1-2,5-6,10,18H2. The number of halogens is 1. The molecule has 3 N–H and O–H groups in total. The van der Waals surface area contributed by atoms with E-state index in [1.165, 1.54) is 12.8 Å². The van der Waals surface area contributed by atoms with Crippen molar-refractivity contribution in [3.8, 4) is 5.75 Å². The van der Waals surface area contributed by atoms with Gasteiger partial charge in [-0.1, -0.05) is 34.8 Å². The van der Waals surface area contributed by atoms with Crippen molar-refractivity contribution in [3.63, 3.8) is 0 Å². The van der Waals surface area contributed by atoms with Crippen LogP contribution in [-0.4, -0.2) is 11.7 Å². The molecule has 0 heterocycles. The van der Waals surface area contributed by atoms with Gasteiger partial charge in [0.15, 0.2) is 0 Å². The highest BCUT2D eigenvalue weighted by molar-refractivity contribution is 9.10. The molecule has 0 aliphatic heterocycles. The third-order valence-corrected chi connectivity index (χ3v) is 4.93. The fourth-order valence-corrected chi connectivity index (χ4v) is 3.70. The van der Waals surface area contributed by atoms with Gasteiger partial charge >= 0.3 is 0 Å². The molecule has 0 atom stereocenters. The van der Waals surface area contributed by atoms with E-state index in [-0.39, 0.29) is 5.41 Å². The molecular formula is C16H18BrNO. The molecule has 3 heteroatoms. The van der Waals surface area contributed by atoms with Gasteiger partial charge in [0.05, 0.1) is 0 Å². The molecule has 2 nitrogen and oxygen atoms in total. The van der Waals surface area contributed by atoms with Crippen molar-refractivity contribution < 1.29 is 5.11 Å². The Bertz CT molecular complexity index is 617. The lowest BCUT2D eigenvalue weighted by Gasteiger charge is -2.29. The van der Waals surface area contributed by atoms with Gasteiger partial charge in [0, 0.05) is 22.0 Å². The Morgan fingerprint density at radius 1 is 1.11 bits per heavy atom. The Morgan fingerprint density at radius 3 is 2.53 bits per heavy atom. The van der Waals surface area contributed by atoms with E-state index >= 15 is 0 Å². The van der Waals surface area contributed by atoms with E-state index in [1.807, 2.05) is 18.2 Å². The number of phenolic OH excluding ortho intramolecular Hbond substituents is 1. The van der Waals surface area contributed by atoms with Crippen molar-refractivity contribution in [2.45, 2.75) is 31.1 Å². The van der Waals surface area contributed by atoms with Gasteiger partial charge in [-0.25, -0.2) is 0 Å². The highest BCUT2D eigenvalue weighted by Gasteiger charge is 2.36. The lowest BCUT2D eigenvalue weighted by molar-refractivity contribution is 0.406. The van der Waals surface area contributed by atoms with Crippen molar-refractivity contribution in [1.29, 1.82) is 0 Å². The highest BCUT2D eigenvalue weighted by atomic mass is 79.9. The van der Waals surface area contributed by atoms with Crippen LogP contribution in [0.15, 0.2) is 34.8 Å². The number of rotatable bonds is 2. The fourth-order valence-electron chi connectivity index (χ4n) is 3.32. The summed E-state index contributed by atoms with van der Waals surface area (Å²) >= 11 is 3.50. The zero-order valence-corrected chi connectivity index (χ0v) is 12.4. The van der Waals surface area contributed by atoms with Crippen molar-refractivity contribution in [2.75, 3.05) is 6.54 Å². The first kappa shape index (κ1) is 12.9. The third kappa shape index (κ3) is 2.15. The molecule has 0 unspecified atom stereocenters. The van der Waals surface area contributed by atoms with E-state index in [1.54, 1.807) is 0 Å². The first-order chi connectivity index (χ1) is 9.14. The SMILES string of the molecule is NCC1(c2cc3cc(Br)ccc3cc2O)CCCC1. The average molecular weight is 320 g/mol. The van der Waals surface area contributed by atoms with Crippen LogP contribution in [-0.2, 0) is 5.41 Å². The molecule has 2 aromatic rings. The number of hydrogen-bond acceptors (Lipinski definition) is 2. The van der Waals surface area contributed by atoms with Crippen LogP contribution in [0.5, 0.6) is 5.75 Å². The van der Waals surface area contributed by atoms with E-state index in [9.17, 15) is 5.11 Å². The number of hydrogen-bond donors (Lipinski definition) is 2. The molecule has 0 spiro atoms. The molecule has 2 aromatic carbocycles. The number of nitrogens with two attached hydrogens (primary N) is 1. The lowest BCUT2D eigenvalue weighted by atomic mass is 9.78. The third-order valence-electron chi connectivity index (χ3n) is 4.44. The molecule has 1 aliphatic rings. The van der Waals surface area contributed by atoms with Gasteiger partial charge in [0.2, 0.25) is 0 Å². The minimum atomic E-state index is -0.0272. The number of benzene rings is 2. The molecule has 0 bridgehead atoms. The van der Waals surface area contributed by atoms with Crippen LogP contribution in [0, 0.1) is 0 Å². The first-order valence-electron chi connectivity index (χ1n) is 6.77. The molecule has 0 saturated heterocycles. The Morgan fingerprint density at radius 2 is 1.84 bits per heavy atom. The van der Waals surface area contributed by atoms with Crippen LogP contribution < -0.4 is 5.73 Å². The van der Waals surface area contributed by atoms with Gasteiger partial charge in [-0.05, 0) is 47.9 Å². The van der Waals surface area contributed by atoms with E-state index in [0.29, 0.717) is 12.3 Å². The summed E-state index contributed by atoms with van der Waals surface area (Å²) in [7, 11) is 0. The van der Waals surface area contributed by atoms with Crippen LogP contribution in [0.3, 0.4) is 0 Å². The molecule has 0 amide bonds. The zero-order valence-electron chi connectivity index (χ0n) is 10.8. The molecule has 19 heavy (non-hydrogen) atoms. The minimum Gasteiger partial charge on any atom is -0.508 e. The fraction of sp³-hybridized carbons (Fsp3) is 0.375. The summed E-state index contributed by atoms with van der Waals surface area (Å²) in [5.74, 6) is 0.391. The van der Waals surface area contributed by atoms with Gasteiger partial charge in [-0.2, -0.15) is 0 Å². The number of aromatic hydroxyl groups is 1. The maximum Gasteiger partial charge on any atom is 0.120 e. The topological polar surface area (TPSA) is 46.2 Å². The summed E-state index contributed by atoms with van der Waals surface area (Å²) in [5, 5.41) is 12.6. The van der Waals surface area contributed by atoms with Crippen LogP contribution in [0.4, 0.5) is 0 Å². The Kier molecular flexibility index (Phi) is 3.27. The van der Waals surface area contributed by atoms with Crippen LogP contribution >= 0.6 is 15.9 Å². The largest absolute Gasteiger partial charge is 0.508 e. The monoisotopic (exact) mass is 319 g/mol. The number of phenols is 1. The maximum absolute atomic E-state index is 10.4. The van der Waals surface area contributed by atoms with Crippen LogP contribution in [0.1, 0.15) is 31.2 Å². The Hall–Kier alpha value is -1.06. The van der Waals surface area contributed by atoms with Crippen molar-refractivity contribution >= 4 is 26.7 Å². The lowest BCUT2D eigenvalue weighted by Crippen LogP contribution is -2.32. The summed E-state index contributed by atoms with van der Waals surface area (Å²) in [6.07, 6.45) is 4.56. The first-order valence-corrected chi connectivity index (χ1v) is 7.57. The molecule has 0 radical (unpaired) electrons. The zero-order chi connectivity index (χ0) is 13.5. The summed E-state index contributed by atoms with van der Waals surface area (Å²) in [6, 6.07) is 10.1. The van der Waals surface area contributed by atoms with E-state index in [2.05, 4.69) is 28.1 Å². The van der Waals surface area contributed by atoms with Crippen LogP contribution in [0.25, 0.3) is 10.8 Å². The maximum atomic E-state index is 10.4. The summed E-state index contributed by atoms with van der Waals surface area (Å²) in [6.45, 7) is 0.611. The second-order valence-corrected chi connectivity index (χ2v) is 6.47. The summed E-state index contributed by atoms with van der Waals surface area (Å²) < 4.78 is 1.06. The molecular weight excluding hydrogens is 302 g/mol. The molecule has 1 saturated carbocycles. The molecule has 100 valence electrons. The summed E-state index contributed by atoms with van der Waals surface area (Å²) in [5.41, 5.74) is 7.02. The van der Waals surface area contributed by atoms with Gasteiger partial charge < -0.3 is 10.8 Å². The highest BCUT2D eigenvalue weighted by Crippen LogP contribution is 2.45. The van der Waals surface area contributed by atoms with E-state index in [0.717, 1.165) is 33.7 Å². The second kappa shape index (κ2) is 4.80. The second-order valence-electron chi connectivity index (χ2n) is 5.55. The molecule has 1 fully saturated rings. The van der Waals surface area contributed by atoms with Gasteiger partial charge in [-0.3, -0.25) is 0 Å². The van der Waals surface area contributed by atoms with Gasteiger partial charge in [0.25, 0.3) is 0 Å². The van der Waals surface area contributed by atoms with Crippen molar-refractivity contribution in [3.05, 3.63) is 40.4 Å². The minimum absolute atomic E-state index is 0.0272.